The summed E-state index contributed by atoms with van der Waals surface area (Å²) in [7, 11) is -3.39. The second kappa shape index (κ2) is 8.61. The lowest BCUT2D eigenvalue weighted by atomic mass is 9.99. The molecule has 0 unspecified atom stereocenters. The molecule has 0 aromatic heterocycles. The maximum Gasteiger partial charge on any atom is 0.243 e. The van der Waals surface area contributed by atoms with E-state index in [9.17, 15) is 8.42 Å². The normalized spacial score (nSPS) is 18.2. The van der Waals surface area contributed by atoms with Crippen LogP contribution in [0, 0.1) is 11.3 Å². The first-order chi connectivity index (χ1) is 11.5. The van der Waals surface area contributed by atoms with Crippen molar-refractivity contribution in [2.75, 3.05) is 32.7 Å². The molecule has 0 spiro atoms. The van der Waals surface area contributed by atoms with Crippen LogP contribution in [0.1, 0.15) is 44.6 Å². The summed E-state index contributed by atoms with van der Waals surface area (Å²) in [6.07, 6.45) is 2.51. The van der Waals surface area contributed by atoms with Crippen molar-refractivity contribution in [3.8, 4) is 6.07 Å². The highest BCUT2D eigenvalue weighted by Gasteiger charge is 2.30. The van der Waals surface area contributed by atoms with Crippen LogP contribution in [0.2, 0.25) is 0 Å². The third-order valence-electron chi connectivity index (χ3n) is 4.95. The second-order valence-corrected chi connectivity index (χ2v) is 8.48. The molecular formula is C18H28N3O2S+. The molecule has 1 heterocycles. The Kier molecular flexibility index (Phi) is 6.79. The van der Waals surface area contributed by atoms with Crippen LogP contribution >= 0.6 is 0 Å². The molecule has 0 bridgehead atoms. The summed E-state index contributed by atoms with van der Waals surface area (Å²) in [5.74, 6) is 0.447. The van der Waals surface area contributed by atoms with Crippen LogP contribution in [0.25, 0.3) is 0 Å². The predicted octanol–water partition coefficient (Wildman–Crippen LogP) is 1.39. The molecule has 1 saturated heterocycles. The first kappa shape index (κ1) is 18.9. The Morgan fingerprint density at radius 3 is 2.42 bits per heavy atom. The summed E-state index contributed by atoms with van der Waals surface area (Å²) in [6, 6.07) is 9.51. The van der Waals surface area contributed by atoms with Gasteiger partial charge < -0.3 is 4.90 Å². The van der Waals surface area contributed by atoms with Crippen molar-refractivity contribution in [3.05, 3.63) is 29.8 Å². The molecule has 0 amide bonds. The van der Waals surface area contributed by atoms with Crippen molar-refractivity contribution >= 4 is 10.0 Å². The van der Waals surface area contributed by atoms with E-state index in [4.69, 9.17) is 5.26 Å². The Morgan fingerprint density at radius 1 is 1.25 bits per heavy atom. The molecule has 1 aliphatic rings. The first-order valence-corrected chi connectivity index (χ1v) is 10.2. The summed E-state index contributed by atoms with van der Waals surface area (Å²) in [4.78, 5) is 1.78. The number of nitriles is 1. The van der Waals surface area contributed by atoms with E-state index in [-0.39, 0.29) is 0 Å². The van der Waals surface area contributed by atoms with E-state index in [0.29, 0.717) is 30.3 Å². The fourth-order valence-corrected chi connectivity index (χ4v) is 4.50. The number of nitrogens with zero attached hydrogens (tertiary/aromatic N) is 2. The lowest BCUT2D eigenvalue weighted by Gasteiger charge is -2.31. The highest BCUT2D eigenvalue weighted by Crippen LogP contribution is 2.22. The molecule has 1 N–H and O–H groups in total. The van der Waals surface area contributed by atoms with Gasteiger partial charge in [0.25, 0.3) is 0 Å². The number of quaternary nitrogens is 1. The quantitative estimate of drug-likeness (QED) is 0.756. The Morgan fingerprint density at radius 2 is 1.88 bits per heavy atom. The lowest BCUT2D eigenvalue weighted by Crippen LogP contribution is -3.14. The molecule has 24 heavy (non-hydrogen) atoms. The molecule has 132 valence electrons. The number of unbranched alkanes of at least 4 members (excludes halogenated alkanes) is 1. The van der Waals surface area contributed by atoms with Crippen LogP contribution in [-0.2, 0) is 10.0 Å². The van der Waals surface area contributed by atoms with Crippen LogP contribution in [0.15, 0.2) is 29.2 Å². The minimum Gasteiger partial charge on any atom is -0.333 e. The molecule has 1 aliphatic heterocycles. The monoisotopic (exact) mass is 350 g/mol. The zero-order chi connectivity index (χ0) is 17.6. The number of rotatable bonds is 7. The number of hydrogen-bond donors (Lipinski definition) is 1. The maximum absolute atomic E-state index is 12.8. The van der Waals surface area contributed by atoms with Gasteiger partial charge in [-0.25, -0.2) is 8.42 Å². The molecule has 1 atom stereocenters. The average Bonchev–Trinajstić information content (AvgIpc) is 2.62. The third kappa shape index (κ3) is 4.56. The Hall–Kier alpha value is -1.42. The molecule has 1 aromatic carbocycles. The summed E-state index contributed by atoms with van der Waals surface area (Å²) >= 11 is 0. The van der Waals surface area contributed by atoms with Crippen LogP contribution in [0.5, 0.6) is 0 Å². The van der Waals surface area contributed by atoms with E-state index < -0.39 is 10.0 Å². The smallest absolute Gasteiger partial charge is 0.243 e. The van der Waals surface area contributed by atoms with E-state index in [2.05, 4.69) is 19.9 Å². The maximum atomic E-state index is 12.8. The molecule has 0 saturated carbocycles. The van der Waals surface area contributed by atoms with E-state index in [1.54, 1.807) is 16.4 Å². The van der Waals surface area contributed by atoms with Gasteiger partial charge in [0.1, 0.15) is 0 Å². The summed E-state index contributed by atoms with van der Waals surface area (Å²) < 4.78 is 27.2. The van der Waals surface area contributed by atoms with Gasteiger partial charge in [-0.3, -0.25) is 0 Å². The zero-order valence-electron chi connectivity index (χ0n) is 14.7. The van der Waals surface area contributed by atoms with Crippen LogP contribution < -0.4 is 4.90 Å². The minimum atomic E-state index is -3.39. The molecular weight excluding hydrogens is 322 g/mol. The number of sulfonamides is 1. The lowest BCUT2D eigenvalue weighted by molar-refractivity contribution is -0.903. The van der Waals surface area contributed by atoms with Gasteiger partial charge in [0, 0.05) is 12.8 Å². The van der Waals surface area contributed by atoms with Crippen molar-refractivity contribution < 1.29 is 13.3 Å². The van der Waals surface area contributed by atoms with Crippen molar-refractivity contribution in [1.29, 1.82) is 5.26 Å². The SMILES string of the molecule is CC[C@H](C)c1ccc(S(=O)(=O)N2CC[NH+](CCCC#N)CC2)cc1. The number of hydrogen-bond acceptors (Lipinski definition) is 3. The van der Waals surface area contributed by atoms with Crippen molar-refractivity contribution in [1.82, 2.24) is 4.31 Å². The first-order valence-electron chi connectivity index (χ1n) is 8.79. The summed E-state index contributed by atoms with van der Waals surface area (Å²) in [6.45, 7) is 7.97. The molecule has 1 fully saturated rings. The van der Waals surface area contributed by atoms with E-state index in [1.165, 1.54) is 10.5 Å². The number of piperazine rings is 1. The van der Waals surface area contributed by atoms with Crippen molar-refractivity contribution in [2.24, 2.45) is 0 Å². The standard InChI is InChI=1S/C18H27N3O2S/c1-3-16(2)17-6-8-18(9-7-17)24(22,23)21-14-12-20(13-15-21)11-5-4-10-19/h6-9,16H,3-5,11-15H2,1-2H3/p+1/t16-/m0/s1. The molecule has 5 nitrogen and oxygen atoms in total. The highest BCUT2D eigenvalue weighted by atomic mass is 32.2. The molecule has 6 heteroatoms. The Balaban J connectivity index is 1.97. The Labute approximate surface area is 145 Å². The van der Waals surface area contributed by atoms with Gasteiger partial charge in [-0.15, -0.1) is 0 Å². The molecule has 0 aliphatic carbocycles. The van der Waals surface area contributed by atoms with Gasteiger partial charge in [0.05, 0.1) is 43.7 Å². The van der Waals surface area contributed by atoms with Gasteiger partial charge in [-0.2, -0.15) is 9.57 Å². The minimum absolute atomic E-state index is 0.391. The highest BCUT2D eigenvalue weighted by molar-refractivity contribution is 7.89. The second-order valence-electron chi connectivity index (χ2n) is 6.54. The molecule has 1 aromatic rings. The third-order valence-corrected chi connectivity index (χ3v) is 6.86. The van der Waals surface area contributed by atoms with E-state index in [0.717, 1.165) is 32.5 Å². The number of nitrogens with one attached hydrogen (secondary N) is 1. The predicted molar refractivity (Wildman–Crippen MR) is 94.3 cm³/mol. The van der Waals surface area contributed by atoms with Crippen molar-refractivity contribution in [2.45, 2.75) is 43.9 Å². The van der Waals surface area contributed by atoms with Gasteiger partial charge >= 0.3 is 0 Å². The van der Waals surface area contributed by atoms with E-state index in [1.807, 2.05) is 12.1 Å². The van der Waals surface area contributed by atoms with Gasteiger partial charge in [-0.05, 0) is 30.0 Å². The van der Waals surface area contributed by atoms with Gasteiger partial charge in [0.15, 0.2) is 0 Å². The van der Waals surface area contributed by atoms with E-state index >= 15 is 0 Å². The Bertz CT molecular complexity index is 656. The van der Waals surface area contributed by atoms with Crippen LogP contribution in [0.3, 0.4) is 0 Å². The fourth-order valence-electron chi connectivity index (χ4n) is 3.06. The van der Waals surface area contributed by atoms with Crippen LogP contribution in [0.4, 0.5) is 0 Å². The molecule has 2 rings (SSSR count). The fraction of sp³-hybridized carbons (Fsp3) is 0.611. The van der Waals surface area contributed by atoms with Gasteiger partial charge in [-0.1, -0.05) is 26.0 Å². The summed E-state index contributed by atoms with van der Waals surface area (Å²) in [5, 5.41) is 8.59. The van der Waals surface area contributed by atoms with Gasteiger partial charge in [0.2, 0.25) is 10.0 Å². The number of benzene rings is 1. The topological polar surface area (TPSA) is 65.6 Å². The molecule has 0 radical (unpaired) electrons. The van der Waals surface area contributed by atoms with Crippen LogP contribution in [-0.4, -0.2) is 45.4 Å². The summed E-state index contributed by atoms with van der Waals surface area (Å²) in [5.41, 5.74) is 1.18. The van der Waals surface area contributed by atoms with Crippen molar-refractivity contribution in [3.63, 3.8) is 0 Å². The largest absolute Gasteiger partial charge is 0.333 e. The zero-order valence-corrected chi connectivity index (χ0v) is 15.5. The average molecular weight is 351 g/mol.